The largest absolute Gasteiger partial charge is 0.382 e. The molecule has 0 radical (unpaired) electrons. The standard InChI is InChI=1S/C15H16N6O/c16-9-11-10-18-21(14(11)17)13-5-3-12(4-6-13)19-15(22)20-7-1-2-8-20/h3-6,10H,1-2,7-8,17H2,(H,19,22). The summed E-state index contributed by atoms with van der Waals surface area (Å²) in [7, 11) is 0. The van der Waals surface area contributed by atoms with Crippen molar-refractivity contribution in [3.8, 4) is 11.8 Å². The number of anilines is 2. The number of nitrogens with zero attached hydrogens (tertiary/aromatic N) is 4. The zero-order valence-electron chi connectivity index (χ0n) is 12.0. The fourth-order valence-corrected chi connectivity index (χ4v) is 2.46. The topological polar surface area (TPSA) is 100.0 Å². The van der Waals surface area contributed by atoms with Crippen molar-refractivity contribution in [1.82, 2.24) is 14.7 Å². The van der Waals surface area contributed by atoms with Gasteiger partial charge in [0.25, 0.3) is 0 Å². The van der Waals surface area contributed by atoms with Gasteiger partial charge in [-0.05, 0) is 37.1 Å². The molecule has 22 heavy (non-hydrogen) atoms. The minimum atomic E-state index is -0.0735. The maximum absolute atomic E-state index is 12.0. The highest BCUT2D eigenvalue weighted by Gasteiger charge is 2.17. The number of nitrogen functional groups attached to an aromatic ring is 1. The molecule has 0 spiro atoms. The van der Waals surface area contributed by atoms with Gasteiger partial charge in [0.05, 0.1) is 11.9 Å². The molecule has 1 aromatic heterocycles. The summed E-state index contributed by atoms with van der Waals surface area (Å²) >= 11 is 0. The van der Waals surface area contributed by atoms with Crippen molar-refractivity contribution in [2.24, 2.45) is 0 Å². The van der Waals surface area contributed by atoms with Gasteiger partial charge in [-0.1, -0.05) is 0 Å². The lowest BCUT2D eigenvalue weighted by Crippen LogP contribution is -2.32. The monoisotopic (exact) mass is 296 g/mol. The summed E-state index contributed by atoms with van der Waals surface area (Å²) in [5, 5.41) is 15.8. The van der Waals surface area contributed by atoms with Crippen LogP contribution in [-0.2, 0) is 0 Å². The van der Waals surface area contributed by atoms with Crippen molar-refractivity contribution < 1.29 is 4.79 Å². The number of hydrogen-bond donors (Lipinski definition) is 2. The maximum atomic E-state index is 12.0. The van der Waals surface area contributed by atoms with Crippen LogP contribution < -0.4 is 11.1 Å². The molecule has 0 unspecified atom stereocenters. The van der Waals surface area contributed by atoms with Crippen LogP contribution in [0.5, 0.6) is 0 Å². The molecule has 2 aromatic rings. The number of benzene rings is 1. The Hall–Kier alpha value is -3.01. The van der Waals surface area contributed by atoms with E-state index >= 15 is 0 Å². The maximum Gasteiger partial charge on any atom is 0.321 e. The van der Waals surface area contributed by atoms with Crippen LogP contribution in [0.3, 0.4) is 0 Å². The minimum Gasteiger partial charge on any atom is -0.382 e. The second-order valence-electron chi connectivity index (χ2n) is 5.14. The van der Waals surface area contributed by atoms with E-state index in [0.717, 1.165) is 31.6 Å². The Morgan fingerprint density at radius 2 is 1.95 bits per heavy atom. The quantitative estimate of drug-likeness (QED) is 0.884. The molecule has 1 saturated heterocycles. The van der Waals surface area contributed by atoms with Crippen LogP contribution in [0, 0.1) is 11.3 Å². The van der Waals surface area contributed by atoms with Crippen molar-refractivity contribution >= 4 is 17.5 Å². The third kappa shape index (κ3) is 2.59. The lowest BCUT2D eigenvalue weighted by atomic mass is 10.2. The number of aromatic nitrogens is 2. The number of rotatable bonds is 2. The van der Waals surface area contributed by atoms with Gasteiger partial charge in [0.1, 0.15) is 17.5 Å². The Kier molecular flexibility index (Phi) is 3.66. The highest BCUT2D eigenvalue weighted by Crippen LogP contribution is 2.19. The Balaban J connectivity index is 1.73. The average molecular weight is 296 g/mol. The van der Waals surface area contributed by atoms with Gasteiger partial charge >= 0.3 is 6.03 Å². The first-order valence-electron chi connectivity index (χ1n) is 7.09. The Morgan fingerprint density at radius 3 is 2.55 bits per heavy atom. The molecular weight excluding hydrogens is 280 g/mol. The van der Waals surface area contributed by atoms with Crippen LogP contribution in [0.15, 0.2) is 30.5 Å². The molecule has 2 heterocycles. The predicted molar refractivity (Wildman–Crippen MR) is 82.5 cm³/mol. The van der Waals surface area contributed by atoms with E-state index < -0.39 is 0 Å². The molecular formula is C15H16N6O. The van der Waals surface area contributed by atoms with Gasteiger partial charge < -0.3 is 16.0 Å². The van der Waals surface area contributed by atoms with Crippen molar-refractivity contribution in [3.63, 3.8) is 0 Å². The highest BCUT2D eigenvalue weighted by atomic mass is 16.2. The molecule has 7 nitrogen and oxygen atoms in total. The molecule has 1 aliphatic heterocycles. The van der Waals surface area contributed by atoms with E-state index in [2.05, 4.69) is 10.4 Å². The highest BCUT2D eigenvalue weighted by molar-refractivity contribution is 5.89. The minimum absolute atomic E-state index is 0.0735. The average Bonchev–Trinajstić information content (AvgIpc) is 3.18. The molecule has 2 amide bonds. The zero-order chi connectivity index (χ0) is 15.5. The number of nitriles is 1. The van der Waals surface area contributed by atoms with Gasteiger partial charge in [0.2, 0.25) is 0 Å². The first-order chi connectivity index (χ1) is 10.7. The van der Waals surface area contributed by atoms with E-state index in [1.54, 1.807) is 29.2 Å². The van der Waals surface area contributed by atoms with Crippen molar-refractivity contribution in [3.05, 3.63) is 36.0 Å². The molecule has 1 fully saturated rings. The van der Waals surface area contributed by atoms with Crippen LogP contribution in [0.1, 0.15) is 18.4 Å². The Labute approximate surface area is 127 Å². The van der Waals surface area contributed by atoms with Crippen LogP contribution in [0.2, 0.25) is 0 Å². The lowest BCUT2D eigenvalue weighted by molar-refractivity contribution is 0.222. The van der Waals surface area contributed by atoms with Gasteiger partial charge in [-0.3, -0.25) is 0 Å². The second-order valence-corrected chi connectivity index (χ2v) is 5.14. The fourth-order valence-electron chi connectivity index (χ4n) is 2.46. The van der Waals surface area contributed by atoms with Gasteiger partial charge in [0, 0.05) is 18.8 Å². The van der Waals surface area contributed by atoms with Crippen molar-refractivity contribution in [2.75, 3.05) is 24.1 Å². The summed E-state index contributed by atoms with van der Waals surface area (Å²) in [4.78, 5) is 13.8. The van der Waals surface area contributed by atoms with Gasteiger partial charge in [-0.15, -0.1) is 0 Å². The summed E-state index contributed by atoms with van der Waals surface area (Å²) in [6.45, 7) is 1.62. The fraction of sp³-hybridized carbons (Fsp3) is 0.267. The van der Waals surface area contributed by atoms with Gasteiger partial charge in [-0.2, -0.15) is 10.4 Å². The number of nitrogens with one attached hydrogen (secondary N) is 1. The number of hydrogen-bond acceptors (Lipinski definition) is 4. The molecule has 7 heteroatoms. The van der Waals surface area contributed by atoms with Crippen LogP contribution in [0.25, 0.3) is 5.69 Å². The number of nitrogens with two attached hydrogens (primary N) is 1. The van der Waals surface area contributed by atoms with E-state index in [0.29, 0.717) is 17.1 Å². The van der Waals surface area contributed by atoms with Crippen LogP contribution in [0.4, 0.5) is 16.3 Å². The van der Waals surface area contributed by atoms with Crippen LogP contribution >= 0.6 is 0 Å². The number of carbonyl (C=O) groups is 1. The SMILES string of the molecule is N#Cc1cnn(-c2ccc(NC(=O)N3CCCC3)cc2)c1N. The van der Waals surface area contributed by atoms with E-state index in [1.807, 2.05) is 6.07 Å². The number of likely N-dealkylation sites (tertiary alicyclic amines) is 1. The third-order valence-electron chi connectivity index (χ3n) is 3.68. The molecule has 0 saturated carbocycles. The van der Waals surface area contributed by atoms with Crippen LogP contribution in [-0.4, -0.2) is 33.8 Å². The van der Waals surface area contributed by atoms with Gasteiger partial charge in [0.15, 0.2) is 0 Å². The Morgan fingerprint density at radius 1 is 1.27 bits per heavy atom. The van der Waals surface area contributed by atoms with E-state index in [9.17, 15) is 4.79 Å². The molecule has 1 aliphatic rings. The van der Waals surface area contributed by atoms with E-state index in [4.69, 9.17) is 11.0 Å². The number of amides is 2. The number of carbonyl (C=O) groups excluding carboxylic acids is 1. The zero-order valence-corrected chi connectivity index (χ0v) is 12.0. The lowest BCUT2D eigenvalue weighted by Gasteiger charge is -2.16. The first-order valence-corrected chi connectivity index (χ1v) is 7.09. The summed E-state index contributed by atoms with van der Waals surface area (Å²) in [5.41, 5.74) is 7.64. The second kappa shape index (κ2) is 5.77. The summed E-state index contributed by atoms with van der Waals surface area (Å²) in [5.74, 6) is 0.302. The smallest absolute Gasteiger partial charge is 0.321 e. The normalized spacial score (nSPS) is 13.9. The molecule has 3 rings (SSSR count). The molecule has 0 atom stereocenters. The van der Waals surface area contributed by atoms with E-state index in [-0.39, 0.29) is 6.03 Å². The van der Waals surface area contributed by atoms with Crippen molar-refractivity contribution in [2.45, 2.75) is 12.8 Å². The van der Waals surface area contributed by atoms with Crippen molar-refractivity contribution in [1.29, 1.82) is 5.26 Å². The van der Waals surface area contributed by atoms with E-state index in [1.165, 1.54) is 10.9 Å². The molecule has 1 aromatic carbocycles. The molecule has 112 valence electrons. The molecule has 0 aliphatic carbocycles. The summed E-state index contributed by atoms with van der Waals surface area (Å²) in [6.07, 6.45) is 3.55. The Bertz CT molecular complexity index is 721. The van der Waals surface area contributed by atoms with Gasteiger partial charge in [-0.25, -0.2) is 9.48 Å². The third-order valence-corrected chi connectivity index (χ3v) is 3.68. The predicted octanol–water partition coefficient (Wildman–Crippen LogP) is 1.95. The summed E-state index contributed by atoms with van der Waals surface area (Å²) < 4.78 is 1.49. The molecule has 3 N–H and O–H groups in total. The molecule has 0 bridgehead atoms. The first kappa shape index (κ1) is 13.9. The number of urea groups is 1. The summed E-state index contributed by atoms with van der Waals surface area (Å²) in [6, 6.07) is 9.08.